The molecule has 0 aromatic rings. The van der Waals surface area contributed by atoms with Crippen LogP contribution in [0.1, 0.15) is 39.5 Å². The molecule has 0 aliphatic carbocycles. The van der Waals surface area contributed by atoms with Crippen LogP contribution >= 0.6 is 0 Å². The van der Waals surface area contributed by atoms with Gasteiger partial charge in [0.2, 0.25) is 0 Å². The van der Waals surface area contributed by atoms with Crippen molar-refractivity contribution in [2.75, 3.05) is 7.11 Å². The minimum atomic E-state index is -0.630. The van der Waals surface area contributed by atoms with Crippen molar-refractivity contribution in [3.8, 4) is 0 Å². The van der Waals surface area contributed by atoms with Crippen molar-refractivity contribution in [3.63, 3.8) is 0 Å². The van der Waals surface area contributed by atoms with Crippen molar-refractivity contribution in [2.24, 2.45) is 0 Å². The lowest BCUT2D eigenvalue weighted by molar-refractivity contribution is -0.334. The van der Waals surface area contributed by atoms with Gasteiger partial charge in [0.05, 0.1) is 24.4 Å². The molecule has 0 amide bonds. The van der Waals surface area contributed by atoms with E-state index in [0.29, 0.717) is 12.8 Å². The van der Waals surface area contributed by atoms with E-state index in [-0.39, 0.29) is 24.4 Å². The van der Waals surface area contributed by atoms with Gasteiger partial charge in [-0.3, -0.25) is 0 Å². The molecule has 0 unspecified atom stereocenters. The van der Waals surface area contributed by atoms with Crippen LogP contribution in [0.25, 0.3) is 0 Å². The van der Waals surface area contributed by atoms with Gasteiger partial charge in [0.25, 0.3) is 0 Å². The van der Waals surface area contributed by atoms with E-state index in [1.54, 1.807) is 7.11 Å². The molecule has 0 radical (unpaired) electrons. The van der Waals surface area contributed by atoms with E-state index in [4.69, 9.17) is 14.2 Å². The highest BCUT2D eigenvalue weighted by Gasteiger charge is 2.46. The summed E-state index contributed by atoms with van der Waals surface area (Å²) in [5.41, 5.74) is 0. The number of hydrogen-bond donors (Lipinski definition) is 1. The van der Waals surface area contributed by atoms with Crippen LogP contribution in [-0.2, 0) is 14.2 Å². The quantitative estimate of drug-likeness (QED) is 0.741. The van der Waals surface area contributed by atoms with E-state index in [1.165, 1.54) is 0 Å². The highest BCUT2D eigenvalue weighted by molar-refractivity contribution is 4.89. The highest BCUT2D eigenvalue weighted by Crippen LogP contribution is 2.39. The van der Waals surface area contributed by atoms with Crippen LogP contribution in [0, 0.1) is 0 Å². The fourth-order valence-electron chi connectivity index (χ4n) is 2.94. The molecule has 0 aromatic heterocycles. The number of rotatable bonds is 1. The molecule has 4 heteroatoms. The van der Waals surface area contributed by atoms with Crippen molar-refractivity contribution >= 4 is 0 Å². The Morgan fingerprint density at radius 2 is 1.75 bits per heavy atom. The maximum atomic E-state index is 9.84. The fourth-order valence-corrected chi connectivity index (χ4v) is 2.94. The summed E-state index contributed by atoms with van der Waals surface area (Å²) in [6, 6.07) is 0. The zero-order valence-electron chi connectivity index (χ0n) is 10.3. The molecule has 2 aliphatic rings. The molecule has 0 saturated carbocycles. The number of methoxy groups -OCH3 is 1. The van der Waals surface area contributed by atoms with Gasteiger partial charge < -0.3 is 19.3 Å². The van der Waals surface area contributed by atoms with E-state index in [1.807, 2.05) is 13.8 Å². The van der Waals surface area contributed by atoms with Crippen LogP contribution in [0.5, 0.6) is 0 Å². The predicted molar refractivity (Wildman–Crippen MR) is 59.1 cm³/mol. The number of hydrogen-bond acceptors (Lipinski definition) is 4. The minimum Gasteiger partial charge on any atom is -0.393 e. The summed E-state index contributed by atoms with van der Waals surface area (Å²) in [5, 5.41) is 9.84. The van der Waals surface area contributed by atoms with Crippen LogP contribution < -0.4 is 0 Å². The Hall–Kier alpha value is -0.160. The molecule has 2 saturated heterocycles. The molecule has 0 bridgehead atoms. The van der Waals surface area contributed by atoms with Crippen molar-refractivity contribution in [2.45, 2.75) is 69.7 Å². The SMILES string of the molecule is CO[C@H]1C[C@@H](C)O[C@@]2(C[C@@H](O)C[C@H](C)O2)C1. The van der Waals surface area contributed by atoms with Crippen LogP contribution in [-0.4, -0.2) is 42.4 Å². The molecule has 2 heterocycles. The lowest BCUT2D eigenvalue weighted by Gasteiger charge is -2.48. The number of ether oxygens (including phenoxy) is 3. The maximum Gasteiger partial charge on any atom is 0.173 e. The summed E-state index contributed by atoms with van der Waals surface area (Å²) in [6.07, 6.45) is 2.87. The lowest BCUT2D eigenvalue weighted by Crippen LogP contribution is -2.54. The molecular formula is C12H22O4. The van der Waals surface area contributed by atoms with Gasteiger partial charge in [-0.15, -0.1) is 0 Å². The molecule has 1 N–H and O–H groups in total. The van der Waals surface area contributed by atoms with Gasteiger partial charge in [-0.2, -0.15) is 0 Å². The molecule has 16 heavy (non-hydrogen) atoms. The molecular weight excluding hydrogens is 208 g/mol. The van der Waals surface area contributed by atoms with Crippen LogP contribution in [0.3, 0.4) is 0 Å². The zero-order valence-corrected chi connectivity index (χ0v) is 10.3. The van der Waals surface area contributed by atoms with Gasteiger partial charge in [0.1, 0.15) is 0 Å². The Morgan fingerprint density at radius 3 is 2.31 bits per heavy atom. The molecule has 5 atom stereocenters. The first kappa shape index (κ1) is 12.3. The van der Waals surface area contributed by atoms with Gasteiger partial charge in [-0.05, 0) is 26.7 Å². The van der Waals surface area contributed by atoms with E-state index >= 15 is 0 Å². The highest BCUT2D eigenvalue weighted by atomic mass is 16.7. The summed E-state index contributed by atoms with van der Waals surface area (Å²) < 4.78 is 17.3. The van der Waals surface area contributed by atoms with Crippen molar-refractivity contribution in [1.29, 1.82) is 0 Å². The summed E-state index contributed by atoms with van der Waals surface area (Å²) in [4.78, 5) is 0. The Bertz CT molecular complexity index is 228. The van der Waals surface area contributed by atoms with E-state index < -0.39 is 5.79 Å². The van der Waals surface area contributed by atoms with E-state index in [9.17, 15) is 5.11 Å². The topological polar surface area (TPSA) is 47.9 Å². The molecule has 2 rings (SSSR count). The second-order valence-electron chi connectivity index (χ2n) is 5.16. The summed E-state index contributed by atoms with van der Waals surface area (Å²) in [6.45, 7) is 4.01. The fraction of sp³-hybridized carbons (Fsp3) is 1.00. The van der Waals surface area contributed by atoms with Crippen LogP contribution in [0.2, 0.25) is 0 Å². The molecule has 0 aromatic carbocycles. The molecule has 4 nitrogen and oxygen atoms in total. The van der Waals surface area contributed by atoms with Crippen molar-refractivity contribution < 1.29 is 19.3 Å². The third-order valence-electron chi connectivity index (χ3n) is 3.45. The molecule has 2 fully saturated rings. The number of aliphatic hydroxyl groups is 1. The molecule has 94 valence electrons. The summed E-state index contributed by atoms with van der Waals surface area (Å²) in [7, 11) is 1.72. The Morgan fingerprint density at radius 1 is 1.12 bits per heavy atom. The molecule has 2 aliphatic heterocycles. The standard InChI is InChI=1S/C12H22O4/c1-8-4-10(13)6-12(15-8)7-11(14-3)5-9(2)16-12/h8-11,13H,4-7H2,1-3H3/t8-,9+,10-,11-,12-/m0/s1. The summed E-state index contributed by atoms with van der Waals surface area (Å²) >= 11 is 0. The first-order valence-corrected chi connectivity index (χ1v) is 6.09. The van der Waals surface area contributed by atoms with Crippen molar-refractivity contribution in [3.05, 3.63) is 0 Å². The minimum absolute atomic E-state index is 0.0477. The van der Waals surface area contributed by atoms with Gasteiger partial charge >= 0.3 is 0 Å². The second-order valence-corrected chi connectivity index (χ2v) is 5.16. The molecule has 1 spiro atoms. The third kappa shape index (κ3) is 2.56. The van der Waals surface area contributed by atoms with Gasteiger partial charge in [0.15, 0.2) is 5.79 Å². The number of aliphatic hydroxyl groups excluding tert-OH is 1. The monoisotopic (exact) mass is 230 g/mol. The Balaban J connectivity index is 2.09. The van der Waals surface area contributed by atoms with E-state index in [0.717, 1.165) is 12.8 Å². The third-order valence-corrected chi connectivity index (χ3v) is 3.45. The average Bonchev–Trinajstić information content (AvgIpc) is 2.13. The lowest BCUT2D eigenvalue weighted by atomic mass is 9.90. The van der Waals surface area contributed by atoms with Crippen molar-refractivity contribution in [1.82, 2.24) is 0 Å². The maximum absolute atomic E-state index is 9.84. The van der Waals surface area contributed by atoms with Gasteiger partial charge in [-0.25, -0.2) is 0 Å². The van der Waals surface area contributed by atoms with Crippen LogP contribution in [0.4, 0.5) is 0 Å². The second kappa shape index (κ2) is 4.61. The first-order chi connectivity index (χ1) is 7.53. The predicted octanol–water partition coefficient (Wildman–Crippen LogP) is 1.46. The van der Waals surface area contributed by atoms with Gasteiger partial charge in [-0.1, -0.05) is 0 Å². The van der Waals surface area contributed by atoms with Crippen LogP contribution in [0.15, 0.2) is 0 Å². The summed E-state index contributed by atoms with van der Waals surface area (Å²) in [5.74, 6) is -0.630. The Kier molecular flexibility index (Phi) is 3.54. The smallest absolute Gasteiger partial charge is 0.173 e. The zero-order chi connectivity index (χ0) is 11.8. The van der Waals surface area contributed by atoms with Gasteiger partial charge in [0, 0.05) is 20.0 Å². The van der Waals surface area contributed by atoms with E-state index in [2.05, 4.69) is 0 Å². The largest absolute Gasteiger partial charge is 0.393 e. The normalized spacial score (nSPS) is 49.5. The Labute approximate surface area is 96.9 Å². The average molecular weight is 230 g/mol. The first-order valence-electron chi connectivity index (χ1n) is 6.09.